The van der Waals surface area contributed by atoms with Crippen LogP contribution < -0.4 is 5.32 Å². The van der Waals surface area contributed by atoms with Crippen LogP contribution in [0.1, 0.15) is 60.3 Å². The fraction of sp³-hybridized carbons (Fsp3) is 0.783. The number of ether oxygens (including phenoxy) is 1. The summed E-state index contributed by atoms with van der Waals surface area (Å²) in [5, 5.41) is 9.95. The largest absolute Gasteiger partial charge is 0.463 e. The molecule has 1 rings (SSSR count). The first-order chi connectivity index (χ1) is 14.6. The zero-order valence-electron chi connectivity index (χ0n) is 20.6. The highest BCUT2D eigenvalue weighted by Crippen LogP contribution is 2.18. The minimum Gasteiger partial charge on any atom is -0.463 e. The lowest BCUT2D eigenvalue weighted by Gasteiger charge is -2.35. The minimum absolute atomic E-state index is 0.0832. The first-order valence-electron chi connectivity index (χ1n) is 11.2. The van der Waals surface area contributed by atoms with Gasteiger partial charge in [0.2, 0.25) is 11.8 Å². The Hall–Kier alpha value is -1.93. The van der Waals surface area contributed by atoms with Gasteiger partial charge in [0.05, 0.1) is 18.7 Å². The molecule has 2 amide bonds. The van der Waals surface area contributed by atoms with E-state index in [-0.39, 0.29) is 35.8 Å². The first-order valence-corrected chi connectivity index (χ1v) is 11.2. The minimum atomic E-state index is -0.583. The Morgan fingerprint density at radius 2 is 1.84 bits per heavy atom. The fourth-order valence-corrected chi connectivity index (χ4v) is 3.73. The summed E-state index contributed by atoms with van der Waals surface area (Å²) in [6.45, 7) is 10.6. The van der Waals surface area contributed by atoms with Crippen molar-refractivity contribution in [1.29, 1.82) is 0 Å². The lowest BCUT2D eigenvalue weighted by Crippen LogP contribution is -2.55. The monoisotopic (exact) mass is 441 g/mol. The van der Waals surface area contributed by atoms with Crippen molar-refractivity contribution >= 4 is 17.8 Å². The molecule has 1 heterocycles. The molecule has 1 aliphatic rings. The third-order valence-corrected chi connectivity index (χ3v) is 5.59. The van der Waals surface area contributed by atoms with Crippen LogP contribution in [-0.2, 0) is 19.1 Å². The summed E-state index contributed by atoms with van der Waals surface area (Å²) >= 11 is 0. The molecule has 31 heavy (non-hydrogen) atoms. The Balaban J connectivity index is 0.00000436. The van der Waals surface area contributed by atoms with Crippen molar-refractivity contribution in [3.05, 3.63) is 11.6 Å². The number of nitrogens with zero attached hydrogens (tertiary/aromatic N) is 2. The lowest BCUT2D eigenvalue weighted by atomic mass is 9.98. The molecule has 180 valence electrons. The van der Waals surface area contributed by atoms with Gasteiger partial charge in [-0.05, 0) is 52.6 Å². The van der Waals surface area contributed by atoms with E-state index in [1.807, 2.05) is 27.8 Å². The van der Waals surface area contributed by atoms with Crippen LogP contribution in [0.5, 0.6) is 0 Å². The molecule has 1 fully saturated rings. The van der Waals surface area contributed by atoms with E-state index in [1.54, 1.807) is 31.9 Å². The van der Waals surface area contributed by atoms with Crippen LogP contribution in [0.15, 0.2) is 11.6 Å². The van der Waals surface area contributed by atoms with Crippen molar-refractivity contribution in [2.75, 3.05) is 34.4 Å². The molecule has 0 spiro atoms. The molecular formula is C23H43N3O5. The van der Waals surface area contributed by atoms with Crippen molar-refractivity contribution in [2.24, 2.45) is 5.92 Å². The van der Waals surface area contributed by atoms with Crippen LogP contribution in [0.2, 0.25) is 0 Å². The molecule has 0 bridgehead atoms. The maximum absolute atomic E-state index is 13.1. The van der Waals surface area contributed by atoms with Gasteiger partial charge in [-0.3, -0.25) is 14.5 Å². The highest BCUT2D eigenvalue weighted by atomic mass is 16.5. The quantitative estimate of drug-likeness (QED) is 0.419. The van der Waals surface area contributed by atoms with E-state index < -0.39 is 6.04 Å². The van der Waals surface area contributed by atoms with Gasteiger partial charge >= 0.3 is 5.97 Å². The highest BCUT2D eigenvalue weighted by Gasteiger charge is 2.32. The number of hydrogen-bond acceptors (Lipinski definition) is 6. The van der Waals surface area contributed by atoms with Gasteiger partial charge in [-0.25, -0.2) is 4.79 Å². The molecule has 2 N–H and O–H groups in total. The number of hydrogen-bond donors (Lipinski definition) is 2. The molecule has 0 saturated carbocycles. The molecular weight excluding hydrogens is 398 g/mol. The zero-order chi connectivity index (χ0) is 24.1. The molecule has 0 aromatic rings. The molecule has 1 aliphatic heterocycles. The van der Waals surface area contributed by atoms with Gasteiger partial charge in [-0.1, -0.05) is 33.3 Å². The molecule has 8 heteroatoms. The standard InChI is InChI=1S/C22H39N3O4.CH4O/c1-8-17(23-20(26)18-12-10-11-13-24(18)6)21(27)25(7)19(15(3)4)14-16(5)22(28)29-9-2;1-2/h14-15,17-19H,8-13H2,1-7H3,(H,23,26);2H,1H3/b16-14+;/t17?,18-,19-;/m1./s1. The fourth-order valence-electron chi connectivity index (χ4n) is 3.73. The van der Waals surface area contributed by atoms with Crippen molar-refractivity contribution in [3.63, 3.8) is 0 Å². The first kappa shape index (κ1) is 29.1. The third kappa shape index (κ3) is 8.99. The summed E-state index contributed by atoms with van der Waals surface area (Å²) in [7, 11) is 4.68. The number of amides is 2. The number of aliphatic hydroxyl groups is 1. The predicted octanol–water partition coefficient (Wildman–Crippen LogP) is 1.97. The number of likely N-dealkylation sites (tertiary alicyclic amines) is 1. The Kier molecular flexibility index (Phi) is 14.0. The second-order valence-corrected chi connectivity index (χ2v) is 8.22. The molecule has 1 saturated heterocycles. The number of nitrogens with one attached hydrogen (secondary N) is 1. The summed E-state index contributed by atoms with van der Waals surface area (Å²) in [4.78, 5) is 41.6. The summed E-state index contributed by atoms with van der Waals surface area (Å²) in [5.41, 5.74) is 0.478. The van der Waals surface area contributed by atoms with E-state index >= 15 is 0 Å². The van der Waals surface area contributed by atoms with Gasteiger partial charge in [0.1, 0.15) is 6.04 Å². The van der Waals surface area contributed by atoms with Crippen molar-refractivity contribution in [3.8, 4) is 0 Å². The molecule has 8 nitrogen and oxygen atoms in total. The molecule has 0 aromatic heterocycles. The van der Waals surface area contributed by atoms with Gasteiger partial charge < -0.3 is 20.1 Å². The summed E-state index contributed by atoms with van der Waals surface area (Å²) in [5.74, 6) is -0.503. The molecule has 0 aliphatic carbocycles. The number of piperidine rings is 1. The van der Waals surface area contributed by atoms with E-state index in [9.17, 15) is 14.4 Å². The number of aliphatic hydroxyl groups excluding tert-OH is 1. The maximum Gasteiger partial charge on any atom is 0.333 e. The Labute approximate surface area is 188 Å². The number of rotatable bonds is 9. The average molecular weight is 442 g/mol. The van der Waals surface area contributed by atoms with Crippen LogP contribution >= 0.6 is 0 Å². The van der Waals surface area contributed by atoms with Gasteiger partial charge in [-0.15, -0.1) is 0 Å². The normalized spacial score (nSPS) is 19.0. The highest BCUT2D eigenvalue weighted by molar-refractivity contribution is 5.90. The third-order valence-electron chi connectivity index (χ3n) is 5.59. The molecule has 0 aromatic carbocycles. The average Bonchev–Trinajstić information content (AvgIpc) is 2.76. The van der Waals surface area contributed by atoms with Crippen molar-refractivity contribution in [2.45, 2.75) is 78.4 Å². The lowest BCUT2D eigenvalue weighted by molar-refractivity contribution is -0.139. The van der Waals surface area contributed by atoms with Crippen LogP contribution in [0.3, 0.4) is 0 Å². The Morgan fingerprint density at radius 1 is 1.23 bits per heavy atom. The van der Waals surface area contributed by atoms with Gasteiger partial charge in [-0.2, -0.15) is 0 Å². The van der Waals surface area contributed by atoms with E-state index in [2.05, 4.69) is 10.2 Å². The second kappa shape index (κ2) is 15.0. The van der Waals surface area contributed by atoms with Crippen LogP contribution in [0.4, 0.5) is 0 Å². The molecule has 0 radical (unpaired) electrons. The SMILES string of the molecule is CCOC(=O)/C(C)=C/[C@H](C(C)C)N(C)C(=O)C(CC)NC(=O)[C@H]1CCCCN1C.CO. The van der Waals surface area contributed by atoms with Crippen LogP contribution in [-0.4, -0.2) is 85.2 Å². The van der Waals surface area contributed by atoms with Gasteiger partial charge in [0, 0.05) is 19.7 Å². The summed E-state index contributed by atoms with van der Waals surface area (Å²) < 4.78 is 5.05. The predicted molar refractivity (Wildman–Crippen MR) is 122 cm³/mol. The second-order valence-electron chi connectivity index (χ2n) is 8.22. The smallest absolute Gasteiger partial charge is 0.333 e. The summed E-state index contributed by atoms with van der Waals surface area (Å²) in [6, 6.07) is -1.03. The Bertz CT molecular complexity index is 606. The van der Waals surface area contributed by atoms with Gasteiger partial charge in [0.25, 0.3) is 0 Å². The zero-order valence-corrected chi connectivity index (χ0v) is 20.6. The van der Waals surface area contributed by atoms with Crippen LogP contribution in [0.25, 0.3) is 0 Å². The number of carbonyl (C=O) groups excluding carboxylic acids is 3. The van der Waals surface area contributed by atoms with Crippen molar-refractivity contribution < 1.29 is 24.2 Å². The number of esters is 1. The van der Waals surface area contributed by atoms with E-state index in [0.717, 1.165) is 32.9 Å². The van der Waals surface area contributed by atoms with E-state index in [4.69, 9.17) is 9.84 Å². The number of likely N-dealkylation sites (N-methyl/N-ethyl adjacent to an activating group) is 2. The maximum atomic E-state index is 13.1. The Morgan fingerprint density at radius 3 is 2.32 bits per heavy atom. The van der Waals surface area contributed by atoms with Gasteiger partial charge in [0.15, 0.2) is 0 Å². The molecule has 3 atom stereocenters. The number of carbonyl (C=O) groups is 3. The van der Waals surface area contributed by atoms with E-state index in [1.165, 1.54) is 0 Å². The van der Waals surface area contributed by atoms with Crippen LogP contribution in [0, 0.1) is 5.92 Å². The van der Waals surface area contributed by atoms with Crippen molar-refractivity contribution in [1.82, 2.24) is 15.1 Å². The summed E-state index contributed by atoms with van der Waals surface area (Å²) in [6.07, 6.45) is 5.24. The molecule has 1 unspecified atom stereocenters. The topological polar surface area (TPSA) is 99.2 Å². The van der Waals surface area contributed by atoms with E-state index in [0.29, 0.717) is 18.6 Å².